The number of rotatable bonds is 0. The van der Waals surface area contributed by atoms with Crippen molar-refractivity contribution in [3.8, 4) is 11.5 Å². The Labute approximate surface area is 126 Å². The number of hydrogen-bond acceptors (Lipinski definition) is 5. The van der Waals surface area contributed by atoms with Gasteiger partial charge in [-0.2, -0.15) is 0 Å². The lowest BCUT2D eigenvalue weighted by Gasteiger charge is -2.39. The van der Waals surface area contributed by atoms with Gasteiger partial charge in [-0.15, -0.1) is 0 Å². The van der Waals surface area contributed by atoms with Gasteiger partial charge < -0.3 is 19.8 Å². The van der Waals surface area contributed by atoms with Gasteiger partial charge in [-0.05, 0) is 31.0 Å². The molecule has 1 aliphatic carbocycles. The van der Waals surface area contributed by atoms with Crippen molar-refractivity contribution in [2.24, 2.45) is 0 Å². The molecular weight excluding hydrogens is 286 g/mol. The van der Waals surface area contributed by atoms with Crippen molar-refractivity contribution in [2.45, 2.75) is 31.1 Å². The molecular formula is C16H15NO5. The first-order valence-electron chi connectivity index (χ1n) is 7.11. The van der Waals surface area contributed by atoms with Crippen molar-refractivity contribution < 1.29 is 24.5 Å². The van der Waals surface area contributed by atoms with E-state index in [0.29, 0.717) is 12.0 Å². The fourth-order valence-corrected chi connectivity index (χ4v) is 3.75. The fourth-order valence-electron chi connectivity index (χ4n) is 3.75. The van der Waals surface area contributed by atoms with E-state index in [1.54, 1.807) is 26.1 Å². The highest BCUT2D eigenvalue weighted by Crippen LogP contribution is 2.50. The van der Waals surface area contributed by atoms with Gasteiger partial charge in [0.15, 0.2) is 0 Å². The lowest BCUT2D eigenvalue weighted by Crippen LogP contribution is -2.58. The maximum Gasteiger partial charge on any atom is 0.274 e. The maximum atomic E-state index is 12.8. The molecule has 1 aromatic rings. The van der Waals surface area contributed by atoms with Crippen molar-refractivity contribution in [1.29, 1.82) is 0 Å². The minimum atomic E-state index is -1.68. The molecule has 6 nitrogen and oxygen atoms in total. The van der Waals surface area contributed by atoms with Gasteiger partial charge in [0.05, 0.1) is 11.6 Å². The third-order valence-corrected chi connectivity index (χ3v) is 4.85. The predicted octanol–water partition coefficient (Wildman–Crippen LogP) is 0.546. The number of likely N-dealkylation sites (N-methyl/N-ethyl adjacent to an activating group) is 1. The van der Waals surface area contributed by atoms with Gasteiger partial charge in [-0.1, -0.05) is 6.08 Å². The Morgan fingerprint density at radius 3 is 2.82 bits per heavy atom. The number of fused-ring (bicyclic) bond motifs is 2. The highest BCUT2D eigenvalue weighted by atomic mass is 16.5. The second-order valence-corrected chi connectivity index (χ2v) is 6.11. The molecule has 1 amide bonds. The number of likely N-dealkylation sites (tertiary alicyclic amines) is 1. The summed E-state index contributed by atoms with van der Waals surface area (Å²) >= 11 is 0. The summed E-state index contributed by atoms with van der Waals surface area (Å²) in [5.41, 5.74) is -0.802. The van der Waals surface area contributed by atoms with E-state index < -0.39 is 29.4 Å². The average Bonchev–Trinajstić information content (AvgIpc) is 2.56. The minimum absolute atomic E-state index is 0.0514. The second kappa shape index (κ2) is 3.89. The summed E-state index contributed by atoms with van der Waals surface area (Å²) in [6, 6.07) is 2.67. The summed E-state index contributed by atoms with van der Waals surface area (Å²) in [7, 11) is 1.60. The summed E-state index contributed by atoms with van der Waals surface area (Å²) in [5.74, 6) is -0.914. The molecule has 114 valence electrons. The van der Waals surface area contributed by atoms with Crippen LogP contribution in [0.25, 0.3) is 0 Å². The largest absolute Gasteiger partial charge is 0.507 e. The SMILES string of the molecule is Cc1cc(O)c2c(c1)O[C@@]13C(=O)N(C)[C@@H](CC=C1C2=O)[C@H]3O. The minimum Gasteiger partial charge on any atom is -0.507 e. The molecule has 6 heteroatoms. The van der Waals surface area contributed by atoms with Gasteiger partial charge in [-0.3, -0.25) is 9.59 Å². The van der Waals surface area contributed by atoms with Crippen LogP contribution in [0.4, 0.5) is 0 Å². The molecule has 2 bridgehead atoms. The van der Waals surface area contributed by atoms with Crippen LogP contribution in [-0.4, -0.2) is 51.6 Å². The lowest BCUT2D eigenvalue weighted by atomic mass is 9.76. The molecule has 0 aromatic heterocycles. The van der Waals surface area contributed by atoms with E-state index in [0.717, 1.165) is 0 Å². The van der Waals surface area contributed by atoms with E-state index >= 15 is 0 Å². The number of Topliss-reactive ketones (excluding diaryl/α,β-unsaturated/α-hetero) is 1. The van der Waals surface area contributed by atoms with Crippen LogP contribution in [0.15, 0.2) is 23.8 Å². The van der Waals surface area contributed by atoms with Gasteiger partial charge in [-0.25, -0.2) is 0 Å². The summed E-state index contributed by atoms with van der Waals surface area (Å²) < 4.78 is 5.85. The molecule has 2 heterocycles. The molecule has 0 radical (unpaired) electrons. The van der Waals surface area contributed by atoms with Crippen LogP contribution in [0.5, 0.6) is 11.5 Å². The van der Waals surface area contributed by atoms with E-state index in [-0.39, 0.29) is 22.6 Å². The summed E-state index contributed by atoms with van der Waals surface area (Å²) in [5, 5.41) is 20.6. The summed E-state index contributed by atoms with van der Waals surface area (Å²) in [6.07, 6.45) is 0.922. The zero-order chi connectivity index (χ0) is 15.8. The Bertz CT molecular complexity index is 768. The molecule has 1 aromatic carbocycles. The molecule has 2 N–H and O–H groups in total. The normalized spacial score (nSPS) is 32.3. The number of phenolic OH excluding ortho intramolecular Hbond substituents is 1. The number of amides is 1. The van der Waals surface area contributed by atoms with Crippen molar-refractivity contribution in [3.05, 3.63) is 34.9 Å². The van der Waals surface area contributed by atoms with Crippen LogP contribution in [0.1, 0.15) is 22.3 Å². The number of phenols is 1. The van der Waals surface area contributed by atoms with Gasteiger partial charge in [0.1, 0.15) is 23.2 Å². The summed E-state index contributed by atoms with van der Waals surface area (Å²) in [4.78, 5) is 26.9. The molecule has 22 heavy (non-hydrogen) atoms. The summed E-state index contributed by atoms with van der Waals surface area (Å²) in [6.45, 7) is 1.75. The Morgan fingerprint density at radius 2 is 2.09 bits per heavy atom. The average molecular weight is 301 g/mol. The van der Waals surface area contributed by atoms with Crippen LogP contribution in [0, 0.1) is 6.92 Å². The molecule has 1 fully saturated rings. The van der Waals surface area contributed by atoms with Crippen molar-refractivity contribution in [3.63, 3.8) is 0 Å². The van der Waals surface area contributed by atoms with Crippen LogP contribution < -0.4 is 4.74 Å². The number of aromatic hydroxyl groups is 1. The number of nitrogens with zero attached hydrogens (tertiary/aromatic N) is 1. The lowest BCUT2D eigenvalue weighted by molar-refractivity contribution is -0.140. The predicted molar refractivity (Wildman–Crippen MR) is 75.8 cm³/mol. The molecule has 0 unspecified atom stereocenters. The molecule has 0 saturated carbocycles. The van der Waals surface area contributed by atoms with E-state index in [9.17, 15) is 19.8 Å². The first-order valence-corrected chi connectivity index (χ1v) is 7.11. The number of carbonyl (C=O) groups excluding carboxylic acids is 2. The monoisotopic (exact) mass is 301 g/mol. The number of aliphatic hydroxyl groups is 1. The smallest absolute Gasteiger partial charge is 0.274 e. The third kappa shape index (κ3) is 1.29. The second-order valence-electron chi connectivity index (χ2n) is 6.11. The quantitative estimate of drug-likeness (QED) is 0.730. The molecule has 3 aliphatic rings. The highest BCUT2D eigenvalue weighted by molar-refractivity contribution is 6.19. The number of benzene rings is 1. The van der Waals surface area contributed by atoms with Crippen LogP contribution in [0.3, 0.4) is 0 Å². The topological polar surface area (TPSA) is 87.1 Å². The maximum absolute atomic E-state index is 12.8. The Balaban J connectivity index is 2.00. The first kappa shape index (κ1) is 13.3. The number of carbonyl (C=O) groups is 2. The fraction of sp³-hybridized carbons (Fsp3) is 0.375. The van der Waals surface area contributed by atoms with Crippen molar-refractivity contribution >= 4 is 11.7 Å². The van der Waals surface area contributed by atoms with E-state index in [1.807, 2.05) is 0 Å². The zero-order valence-electron chi connectivity index (χ0n) is 12.2. The number of ether oxygens (including phenoxy) is 1. The van der Waals surface area contributed by atoms with Crippen LogP contribution >= 0.6 is 0 Å². The molecule has 4 rings (SSSR count). The van der Waals surface area contributed by atoms with E-state index in [4.69, 9.17) is 4.74 Å². The zero-order valence-corrected chi connectivity index (χ0v) is 12.2. The highest BCUT2D eigenvalue weighted by Gasteiger charge is 2.67. The Kier molecular flexibility index (Phi) is 2.36. The van der Waals surface area contributed by atoms with Crippen molar-refractivity contribution in [1.82, 2.24) is 4.90 Å². The van der Waals surface area contributed by atoms with Gasteiger partial charge in [0, 0.05) is 7.05 Å². The number of hydrogen-bond donors (Lipinski definition) is 2. The van der Waals surface area contributed by atoms with E-state index in [1.165, 1.54) is 11.0 Å². The van der Waals surface area contributed by atoms with Gasteiger partial charge in [0.25, 0.3) is 5.91 Å². The molecule has 1 spiro atoms. The molecule has 2 aliphatic heterocycles. The van der Waals surface area contributed by atoms with Gasteiger partial charge in [0.2, 0.25) is 11.4 Å². The van der Waals surface area contributed by atoms with E-state index in [2.05, 4.69) is 0 Å². The third-order valence-electron chi connectivity index (χ3n) is 4.85. The number of ketones is 1. The standard InChI is InChI=1S/C16H15NO5/c1-7-5-10(18)12-11(6-7)22-16-8(13(12)19)3-4-9(14(16)20)17(2)15(16)21/h3,5-6,9,14,18,20H,4H2,1-2H3/t9-,14+,16-/m0/s1. The van der Waals surface area contributed by atoms with Gasteiger partial charge >= 0.3 is 0 Å². The van der Waals surface area contributed by atoms with Crippen LogP contribution in [0.2, 0.25) is 0 Å². The Morgan fingerprint density at radius 1 is 1.36 bits per heavy atom. The molecule has 1 saturated heterocycles. The number of aryl methyl sites for hydroxylation is 1. The number of aliphatic hydroxyl groups excluding tert-OH is 1. The molecule has 3 atom stereocenters. The van der Waals surface area contributed by atoms with Crippen LogP contribution in [-0.2, 0) is 4.79 Å². The van der Waals surface area contributed by atoms with Crippen molar-refractivity contribution in [2.75, 3.05) is 7.05 Å². The Hall–Kier alpha value is -2.34. The first-order chi connectivity index (χ1) is 10.4.